The molecule has 2 N–H and O–H groups in total. The van der Waals surface area contributed by atoms with Crippen LogP contribution in [-0.4, -0.2) is 18.9 Å². The zero-order valence-corrected chi connectivity index (χ0v) is 9.14. The summed E-state index contributed by atoms with van der Waals surface area (Å²) in [6.07, 6.45) is 0. The molecule has 82 valence electrons. The van der Waals surface area contributed by atoms with Crippen LogP contribution in [0.2, 0.25) is 5.02 Å². The van der Waals surface area contributed by atoms with Crippen molar-refractivity contribution < 1.29 is 13.9 Å². The lowest BCUT2D eigenvalue weighted by Gasteiger charge is -2.08. The number of nitrogens with two attached hydrogens (primary N) is 1. The van der Waals surface area contributed by atoms with Gasteiger partial charge in [0.25, 0.3) is 0 Å². The smallest absolute Gasteiger partial charge is 0.179 e. The summed E-state index contributed by atoms with van der Waals surface area (Å²) in [4.78, 5) is 11.5. The van der Waals surface area contributed by atoms with Crippen molar-refractivity contribution in [3.63, 3.8) is 0 Å². The van der Waals surface area contributed by atoms with Crippen molar-refractivity contribution in [2.75, 3.05) is 7.11 Å². The highest BCUT2D eigenvalue weighted by molar-refractivity contribution is 6.32. The second-order valence-electron chi connectivity index (χ2n) is 3.13. The third-order valence-electron chi connectivity index (χ3n) is 1.90. The first-order chi connectivity index (χ1) is 6.97. The molecule has 0 saturated heterocycles. The Bertz CT molecular complexity index is 370. The number of halogens is 2. The normalized spacial score (nSPS) is 12.3. The van der Waals surface area contributed by atoms with E-state index in [0.717, 1.165) is 6.07 Å². The van der Waals surface area contributed by atoms with Crippen LogP contribution < -0.4 is 10.5 Å². The van der Waals surface area contributed by atoms with Crippen molar-refractivity contribution in [3.8, 4) is 5.75 Å². The van der Waals surface area contributed by atoms with Gasteiger partial charge in [-0.3, -0.25) is 4.79 Å². The maximum Gasteiger partial charge on any atom is 0.179 e. The molecule has 0 bridgehead atoms. The lowest BCUT2D eigenvalue weighted by atomic mass is 10.1. The van der Waals surface area contributed by atoms with E-state index >= 15 is 0 Å². The lowest BCUT2D eigenvalue weighted by Crippen LogP contribution is -2.26. The van der Waals surface area contributed by atoms with Crippen molar-refractivity contribution in [2.24, 2.45) is 5.73 Å². The fourth-order valence-electron chi connectivity index (χ4n) is 1.16. The zero-order valence-electron chi connectivity index (χ0n) is 8.38. The van der Waals surface area contributed by atoms with Crippen molar-refractivity contribution in [3.05, 3.63) is 28.5 Å². The molecule has 5 heteroatoms. The van der Waals surface area contributed by atoms with Crippen molar-refractivity contribution in [1.29, 1.82) is 0 Å². The van der Waals surface area contributed by atoms with Gasteiger partial charge >= 0.3 is 0 Å². The molecular weight excluding hydrogens is 221 g/mol. The van der Waals surface area contributed by atoms with Crippen LogP contribution in [0.15, 0.2) is 12.1 Å². The van der Waals surface area contributed by atoms with Crippen molar-refractivity contribution in [2.45, 2.75) is 13.0 Å². The average molecular weight is 232 g/mol. The van der Waals surface area contributed by atoms with E-state index in [1.54, 1.807) is 0 Å². The van der Waals surface area contributed by atoms with Crippen LogP contribution >= 0.6 is 11.6 Å². The van der Waals surface area contributed by atoms with E-state index < -0.39 is 11.9 Å². The van der Waals surface area contributed by atoms with Crippen LogP contribution in [0, 0.1) is 5.82 Å². The highest BCUT2D eigenvalue weighted by Gasteiger charge is 2.16. The second-order valence-corrected chi connectivity index (χ2v) is 3.53. The van der Waals surface area contributed by atoms with Crippen LogP contribution in [0.3, 0.4) is 0 Å². The minimum absolute atomic E-state index is 0.0569. The molecule has 0 aliphatic carbocycles. The standard InChI is InChI=1S/C10H11ClFNO2/c1-5(13)9(14)6-3-7(11)10(15-2)8(12)4-6/h3-5H,13H2,1-2H3. The van der Waals surface area contributed by atoms with Gasteiger partial charge in [0.05, 0.1) is 18.2 Å². The predicted molar refractivity (Wildman–Crippen MR) is 55.9 cm³/mol. The van der Waals surface area contributed by atoms with Gasteiger partial charge in [0.2, 0.25) is 0 Å². The number of benzene rings is 1. The highest BCUT2D eigenvalue weighted by atomic mass is 35.5. The Morgan fingerprint density at radius 2 is 2.20 bits per heavy atom. The molecule has 0 aliphatic rings. The minimum atomic E-state index is -0.686. The second kappa shape index (κ2) is 4.59. The fourth-order valence-corrected chi connectivity index (χ4v) is 1.45. The first-order valence-electron chi connectivity index (χ1n) is 4.30. The maximum absolute atomic E-state index is 13.3. The quantitative estimate of drug-likeness (QED) is 0.810. The molecular formula is C10H11ClFNO2. The molecule has 1 atom stereocenters. The van der Waals surface area contributed by atoms with Gasteiger partial charge in [0.15, 0.2) is 17.3 Å². The molecule has 0 spiro atoms. The van der Waals surface area contributed by atoms with Crippen LogP contribution in [0.4, 0.5) is 4.39 Å². The summed E-state index contributed by atoms with van der Waals surface area (Å²) in [5.41, 5.74) is 5.54. The summed E-state index contributed by atoms with van der Waals surface area (Å²) in [6.45, 7) is 1.53. The first-order valence-corrected chi connectivity index (χ1v) is 4.68. The monoisotopic (exact) mass is 231 g/mol. The number of carbonyl (C=O) groups excluding carboxylic acids is 1. The fraction of sp³-hybridized carbons (Fsp3) is 0.300. The Kier molecular flexibility index (Phi) is 3.66. The lowest BCUT2D eigenvalue weighted by molar-refractivity contribution is 0.0967. The zero-order chi connectivity index (χ0) is 11.6. The van der Waals surface area contributed by atoms with Crippen LogP contribution in [0.1, 0.15) is 17.3 Å². The van der Waals surface area contributed by atoms with Gasteiger partial charge in [-0.15, -0.1) is 0 Å². The molecule has 0 aliphatic heterocycles. The summed E-state index contributed by atoms with van der Waals surface area (Å²) in [5, 5.41) is 0.0569. The Morgan fingerprint density at radius 1 is 1.60 bits per heavy atom. The van der Waals surface area contributed by atoms with Crippen LogP contribution in [-0.2, 0) is 0 Å². The van der Waals surface area contributed by atoms with Gasteiger partial charge in [0.1, 0.15) is 0 Å². The topological polar surface area (TPSA) is 52.3 Å². The molecule has 0 radical (unpaired) electrons. The van der Waals surface area contributed by atoms with E-state index in [9.17, 15) is 9.18 Å². The van der Waals surface area contributed by atoms with Gasteiger partial charge < -0.3 is 10.5 Å². The number of ether oxygens (including phenoxy) is 1. The Morgan fingerprint density at radius 3 is 2.60 bits per heavy atom. The average Bonchev–Trinajstić information content (AvgIpc) is 2.15. The summed E-state index contributed by atoms with van der Waals surface area (Å²) < 4.78 is 18.1. The van der Waals surface area contributed by atoms with E-state index in [4.69, 9.17) is 22.1 Å². The van der Waals surface area contributed by atoms with E-state index in [2.05, 4.69) is 0 Å². The largest absolute Gasteiger partial charge is 0.492 e. The third-order valence-corrected chi connectivity index (χ3v) is 2.18. The van der Waals surface area contributed by atoms with Gasteiger partial charge in [-0.2, -0.15) is 0 Å². The van der Waals surface area contributed by atoms with Crippen molar-refractivity contribution in [1.82, 2.24) is 0 Å². The number of Topliss-reactive ketones (excluding diaryl/α,β-unsaturated/α-hetero) is 1. The molecule has 1 aromatic carbocycles. The van der Waals surface area contributed by atoms with Gasteiger partial charge in [0, 0.05) is 5.56 Å². The van der Waals surface area contributed by atoms with E-state index in [1.807, 2.05) is 0 Å². The molecule has 15 heavy (non-hydrogen) atoms. The molecule has 1 rings (SSSR count). The SMILES string of the molecule is COc1c(F)cc(C(=O)C(C)N)cc1Cl. The van der Waals surface area contributed by atoms with Crippen molar-refractivity contribution >= 4 is 17.4 Å². The van der Waals surface area contributed by atoms with Gasteiger partial charge in [-0.05, 0) is 19.1 Å². The number of hydrogen-bond acceptors (Lipinski definition) is 3. The Balaban J connectivity index is 3.20. The van der Waals surface area contributed by atoms with Crippen LogP contribution in [0.5, 0.6) is 5.75 Å². The summed E-state index contributed by atoms with van der Waals surface area (Å²) in [5.74, 6) is -1.11. The number of rotatable bonds is 3. The molecule has 0 aromatic heterocycles. The molecule has 0 saturated carbocycles. The molecule has 0 heterocycles. The van der Waals surface area contributed by atoms with E-state index in [1.165, 1.54) is 20.1 Å². The summed E-state index contributed by atoms with van der Waals surface area (Å²) in [7, 11) is 1.30. The third kappa shape index (κ3) is 2.46. The molecule has 0 fully saturated rings. The van der Waals surface area contributed by atoms with E-state index in [0.29, 0.717) is 0 Å². The highest BCUT2D eigenvalue weighted by Crippen LogP contribution is 2.29. The number of ketones is 1. The Labute approximate surface area is 92.0 Å². The first kappa shape index (κ1) is 11.9. The Hall–Kier alpha value is -1.13. The summed E-state index contributed by atoms with van der Waals surface area (Å²) >= 11 is 5.73. The van der Waals surface area contributed by atoms with Gasteiger partial charge in [-0.1, -0.05) is 11.6 Å². The number of methoxy groups -OCH3 is 1. The molecule has 1 unspecified atom stereocenters. The maximum atomic E-state index is 13.3. The number of carbonyl (C=O) groups is 1. The number of hydrogen-bond donors (Lipinski definition) is 1. The minimum Gasteiger partial charge on any atom is -0.492 e. The molecule has 3 nitrogen and oxygen atoms in total. The van der Waals surface area contributed by atoms with Crippen LogP contribution in [0.25, 0.3) is 0 Å². The molecule has 0 amide bonds. The molecule has 1 aromatic rings. The predicted octanol–water partition coefficient (Wildman–Crippen LogP) is 2.02. The van der Waals surface area contributed by atoms with E-state index in [-0.39, 0.29) is 22.1 Å². The summed E-state index contributed by atoms with van der Waals surface area (Å²) in [6, 6.07) is 1.72. The van der Waals surface area contributed by atoms with Gasteiger partial charge in [-0.25, -0.2) is 4.39 Å².